The number of anilines is 2. The van der Waals surface area contributed by atoms with Gasteiger partial charge in [0.15, 0.2) is 0 Å². The number of carbonyl (C=O) groups is 1. The molecule has 0 fully saturated rings. The lowest BCUT2D eigenvalue weighted by Crippen LogP contribution is -2.32. The van der Waals surface area contributed by atoms with Crippen molar-refractivity contribution in [2.24, 2.45) is 0 Å². The van der Waals surface area contributed by atoms with Crippen LogP contribution in [-0.4, -0.2) is 35.1 Å². The molecule has 7 nitrogen and oxygen atoms in total. The molecule has 0 atom stereocenters. The van der Waals surface area contributed by atoms with Crippen LogP contribution in [0.4, 0.5) is 11.4 Å². The number of rotatable bonds is 10. The number of benzene rings is 3. The first-order chi connectivity index (χ1) is 15.9. The highest BCUT2D eigenvalue weighted by Crippen LogP contribution is 2.30. The summed E-state index contributed by atoms with van der Waals surface area (Å²) in [5.41, 5.74) is 1.22. The average molecular weight is 469 g/mol. The van der Waals surface area contributed by atoms with E-state index in [0.29, 0.717) is 35.8 Å². The van der Waals surface area contributed by atoms with E-state index in [1.807, 2.05) is 13.0 Å². The molecule has 3 aromatic rings. The second kappa shape index (κ2) is 10.9. The van der Waals surface area contributed by atoms with E-state index in [4.69, 9.17) is 9.47 Å². The van der Waals surface area contributed by atoms with Gasteiger partial charge in [0.05, 0.1) is 30.5 Å². The topological polar surface area (TPSA) is 84.9 Å². The fourth-order valence-electron chi connectivity index (χ4n) is 3.32. The van der Waals surface area contributed by atoms with Crippen LogP contribution in [0.15, 0.2) is 77.7 Å². The van der Waals surface area contributed by atoms with E-state index in [-0.39, 0.29) is 10.5 Å². The van der Waals surface area contributed by atoms with Crippen molar-refractivity contribution in [3.63, 3.8) is 0 Å². The maximum Gasteiger partial charge on any atom is 0.264 e. The largest absolute Gasteiger partial charge is 0.497 e. The van der Waals surface area contributed by atoms with Gasteiger partial charge >= 0.3 is 0 Å². The Morgan fingerprint density at radius 2 is 1.70 bits per heavy atom. The highest BCUT2D eigenvalue weighted by Gasteiger charge is 2.25. The molecule has 0 radical (unpaired) electrons. The van der Waals surface area contributed by atoms with Crippen molar-refractivity contribution in [1.29, 1.82) is 0 Å². The fourth-order valence-corrected chi connectivity index (χ4v) is 4.86. The molecule has 3 rings (SSSR count). The molecule has 8 heteroatoms. The van der Waals surface area contributed by atoms with E-state index in [1.165, 1.54) is 30.7 Å². The van der Waals surface area contributed by atoms with Crippen LogP contribution in [0.25, 0.3) is 0 Å². The number of nitrogens with zero attached hydrogens (tertiary/aromatic N) is 1. The number of carbonyl (C=O) groups excluding carboxylic acids is 1. The predicted molar refractivity (Wildman–Crippen MR) is 130 cm³/mol. The molecule has 0 aliphatic rings. The minimum atomic E-state index is -3.87. The third-order valence-electron chi connectivity index (χ3n) is 5.10. The van der Waals surface area contributed by atoms with Crippen molar-refractivity contribution < 1.29 is 22.7 Å². The average Bonchev–Trinajstić information content (AvgIpc) is 2.84. The fraction of sp³-hybridized carbons (Fsp3) is 0.240. The molecular formula is C25H28N2O5S. The van der Waals surface area contributed by atoms with Crippen LogP contribution in [0.5, 0.6) is 11.5 Å². The lowest BCUT2D eigenvalue weighted by molar-refractivity contribution is 0.102. The Morgan fingerprint density at radius 1 is 0.939 bits per heavy atom. The monoisotopic (exact) mass is 468 g/mol. The number of unbranched alkanes of at least 4 members (excludes halogenated alkanes) is 1. The minimum Gasteiger partial charge on any atom is -0.497 e. The summed E-state index contributed by atoms with van der Waals surface area (Å²) in [5.74, 6) is 0.554. The summed E-state index contributed by atoms with van der Waals surface area (Å²) in [5, 5.41) is 2.77. The van der Waals surface area contributed by atoms with Crippen molar-refractivity contribution in [2.45, 2.75) is 24.7 Å². The summed E-state index contributed by atoms with van der Waals surface area (Å²) in [6.07, 6.45) is 1.56. The molecule has 0 saturated carbocycles. The number of sulfonamides is 1. The van der Waals surface area contributed by atoms with Crippen LogP contribution in [0.1, 0.15) is 30.1 Å². The van der Waals surface area contributed by atoms with Crippen LogP contribution in [0.3, 0.4) is 0 Å². The Kier molecular flexibility index (Phi) is 7.95. The van der Waals surface area contributed by atoms with Crippen molar-refractivity contribution >= 4 is 27.3 Å². The highest BCUT2D eigenvalue weighted by molar-refractivity contribution is 7.92. The third-order valence-corrected chi connectivity index (χ3v) is 6.92. The van der Waals surface area contributed by atoms with Crippen molar-refractivity contribution in [1.82, 2.24) is 0 Å². The zero-order valence-electron chi connectivity index (χ0n) is 18.9. The molecule has 0 spiro atoms. The molecule has 1 N–H and O–H groups in total. The summed E-state index contributed by atoms with van der Waals surface area (Å²) in [6.45, 7) is 2.36. The molecular weight excluding hydrogens is 440 g/mol. The molecule has 33 heavy (non-hydrogen) atoms. The van der Waals surface area contributed by atoms with Gasteiger partial charge in [0.2, 0.25) is 0 Å². The first-order valence-electron chi connectivity index (χ1n) is 10.6. The van der Waals surface area contributed by atoms with Crippen molar-refractivity contribution in [2.75, 3.05) is 30.4 Å². The lowest BCUT2D eigenvalue weighted by atomic mass is 10.2. The van der Waals surface area contributed by atoms with Gasteiger partial charge in [-0.2, -0.15) is 0 Å². The van der Waals surface area contributed by atoms with Gasteiger partial charge < -0.3 is 14.8 Å². The first-order valence-corrected chi connectivity index (χ1v) is 12.1. The van der Waals surface area contributed by atoms with Gasteiger partial charge in [0, 0.05) is 18.2 Å². The third kappa shape index (κ3) is 5.64. The van der Waals surface area contributed by atoms with Gasteiger partial charge in [0.25, 0.3) is 15.9 Å². The molecule has 0 saturated heterocycles. The number of methoxy groups -OCH3 is 2. The summed E-state index contributed by atoms with van der Waals surface area (Å²) in [7, 11) is -0.844. The molecule has 0 bridgehead atoms. The van der Waals surface area contributed by atoms with Crippen LogP contribution in [0, 0.1) is 0 Å². The molecule has 0 aromatic heterocycles. The molecule has 0 aliphatic heterocycles. The van der Waals surface area contributed by atoms with Gasteiger partial charge in [-0.25, -0.2) is 8.42 Å². The quantitative estimate of drug-likeness (QED) is 0.455. The molecule has 0 unspecified atom stereocenters. The number of ether oxygens (including phenoxy) is 2. The Hall–Kier alpha value is -3.52. The number of hydrogen-bond donors (Lipinski definition) is 1. The number of amides is 1. The van der Waals surface area contributed by atoms with Crippen LogP contribution < -0.4 is 19.1 Å². The standard InChI is InChI=1S/C25H28N2O5S/c1-4-5-16-27(20-11-7-6-8-12-20)33(29,30)22-13-9-10-19(17-22)25(28)26-23-18-21(31-2)14-15-24(23)32-3/h6-15,17-18H,4-5,16H2,1-3H3,(H,26,28). The maximum absolute atomic E-state index is 13.5. The Bertz CT molecular complexity index is 1200. The Balaban J connectivity index is 1.93. The van der Waals surface area contributed by atoms with E-state index < -0.39 is 15.9 Å². The summed E-state index contributed by atoms with van der Waals surface area (Å²) in [4.78, 5) is 13.0. The predicted octanol–water partition coefficient (Wildman–Crippen LogP) is 4.95. The second-order valence-electron chi connectivity index (χ2n) is 7.31. The number of hydrogen-bond acceptors (Lipinski definition) is 5. The Morgan fingerprint density at radius 3 is 2.36 bits per heavy atom. The van der Waals surface area contributed by atoms with E-state index in [1.54, 1.807) is 54.6 Å². The normalized spacial score (nSPS) is 11.0. The summed E-state index contributed by atoms with van der Waals surface area (Å²) in [6, 6.07) is 20.0. The summed E-state index contributed by atoms with van der Waals surface area (Å²) < 4.78 is 38.9. The zero-order chi connectivity index (χ0) is 23.8. The molecule has 0 heterocycles. The van der Waals surface area contributed by atoms with E-state index in [0.717, 1.165) is 6.42 Å². The molecule has 0 aliphatic carbocycles. The van der Waals surface area contributed by atoms with E-state index >= 15 is 0 Å². The second-order valence-corrected chi connectivity index (χ2v) is 9.18. The maximum atomic E-state index is 13.5. The van der Waals surface area contributed by atoms with E-state index in [9.17, 15) is 13.2 Å². The molecule has 1 amide bonds. The van der Waals surface area contributed by atoms with Gasteiger partial charge in [-0.1, -0.05) is 37.6 Å². The van der Waals surface area contributed by atoms with E-state index in [2.05, 4.69) is 5.32 Å². The van der Waals surface area contributed by atoms with Crippen LogP contribution in [0.2, 0.25) is 0 Å². The lowest BCUT2D eigenvalue weighted by Gasteiger charge is -2.24. The van der Waals surface area contributed by atoms with Crippen molar-refractivity contribution in [3.05, 3.63) is 78.4 Å². The van der Waals surface area contributed by atoms with Gasteiger partial charge in [-0.05, 0) is 48.9 Å². The summed E-state index contributed by atoms with van der Waals surface area (Å²) >= 11 is 0. The SMILES string of the molecule is CCCCN(c1ccccc1)S(=O)(=O)c1cccc(C(=O)Nc2cc(OC)ccc2OC)c1. The first kappa shape index (κ1) is 24.1. The highest BCUT2D eigenvalue weighted by atomic mass is 32.2. The smallest absolute Gasteiger partial charge is 0.264 e. The Labute approximate surface area is 195 Å². The van der Waals surface area contributed by atoms with Crippen LogP contribution in [-0.2, 0) is 10.0 Å². The van der Waals surface area contributed by atoms with Gasteiger partial charge in [-0.15, -0.1) is 0 Å². The number of nitrogens with one attached hydrogen (secondary N) is 1. The minimum absolute atomic E-state index is 0.0488. The molecule has 174 valence electrons. The van der Waals surface area contributed by atoms with Gasteiger partial charge in [0.1, 0.15) is 11.5 Å². The van der Waals surface area contributed by atoms with Gasteiger partial charge in [-0.3, -0.25) is 9.10 Å². The molecule has 3 aromatic carbocycles. The number of para-hydroxylation sites is 1. The zero-order valence-corrected chi connectivity index (χ0v) is 19.8. The van der Waals surface area contributed by atoms with Crippen LogP contribution >= 0.6 is 0 Å². The van der Waals surface area contributed by atoms with Crippen molar-refractivity contribution in [3.8, 4) is 11.5 Å².